The number of amides is 2. The van der Waals surface area contributed by atoms with Crippen molar-refractivity contribution in [1.29, 1.82) is 5.41 Å². The van der Waals surface area contributed by atoms with Gasteiger partial charge in [0, 0.05) is 73.2 Å². The summed E-state index contributed by atoms with van der Waals surface area (Å²) < 4.78 is 74.9. The number of rotatable bonds is 7. The number of halogens is 5. The van der Waals surface area contributed by atoms with E-state index in [1.54, 1.807) is 6.07 Å². The highest BCUT2D eigenvalue weighted by atomic mass is 32.2. The molecule has 2 aliphatic rings. The van der Waals surface area contributed by atoms with E-state index in [1.165, 1.54) is 24.4 Å². The predicted molar refractivity (Wildman–Crippen MR) is 167 cm³/mol. The van der Waals surface area contributed by atoms with E-state index in [4.69, 9.17) is 15.9 Å². The molecule has 2 aromatic carbocycles. The van der Waals surface area contributed by atoms with Gasteiger partial charge in [-0.05, 0) is 56.3 Å². The van der Waals surface area contributed by atoms with Crippen LogP contribution >= 0.6 is 11.8 Å². The van der Waals surface area contributed by atoms with Crippen molar-refractivity contribution in [3.63, 3.8) is 0 Å². The van der Waals surface area contributed by atoms with Crippen LogP contribution in [0.15, 0.2) is 58.5 Å². The van der Waals surface area contributed by atoms with Crippen molar-refractivity contribution in [2.45, 2.75) is 34.9 Å². The van der Waals surface area contributed by atoms with Gasteiger partial charge in [0.15, 0.2) is 0 Å². The number of carbonyl (C=O) groups is 2. The standard InChI is InChI=1S/C31H32F5N7O3S/c1-41-6-8-42(9-7-41)21-2-3-24(26(15-21)43(30(45)31(34,35)36)20-4-10-46-11-5-20)29(44)40-28(38)25-16-23(17-39-27(25)37)47-22-13-18(32)12-19(33)14-22/h2-3,12-17,20H,4-11H2,1H3,(H2,37,39)(H2,38,40,44). The van der Waals surface area contributed by atoms with E-state index < -0.39 is 41.5 Å². The lowest BCUT2D eigenvalue weighted by Gasteiger charge is -2.37. The zero-order chi connectivity index (χ0) is 33.9. The fraction of sp³-hybridized carbons (Fsp3) is 0.355. The Hall–Kier alpha value is -4.28. The molecule has 3 aromatic rings. The molecule has 0 bridgehead atoms. The summed E-state index contributed by atoms with van der Waals surface area (Å²) in [5.74, 6) is -5.31. The first kappa shape index (κ1) is 34.1. The molecule has 250 valence electrons. The molecule has 5 rings (SSSR count). The Morgan fingerprint density at radius 1 is 1.00 bits per heavy atom. The number of hydrogen-bond donors (Lipinski definition) is 3. The Labute approximate surface area is 271 Å². The second kappa shape index (κ2) is 14.2. The van der Waals surface area contributed by atoms with Gasteiger partial charge in [-0.1, -0.05) is 11.8 Å². The maximum absolute atomic E-state index is 14.0. The zero-order valence-corrected chi connectivity index (χ0v) is 26.1. The van der Waals surface area contributed by atoms with E-state index in [-0.39, 0.29) is 53.6 Å². The van der Waals surface area contributed by atoms with Crippen molar-refractivity contribution in [3.8, 4) is 0 Å². The number of ether oxygens (including phenoxy) is 1. The molecule has 0 unspecified atom stereocenters. The van der Waals surface area contributed by atoms with Gasteiger partial charge in [-0.25, -0.2) is 13.8 Å². The van der Waals surface area contributed by atoms with Crippen molar-refractivity contribution >= 4 is 46.6 Å². The number of piperazine rings is 1. The summed E-state index contributed by atoms with van der Waals surface area (Å²) in [7, 11) is 1.96. The van der Waals surface area contributed by atoms with Crippen LogP contribution in [-0.2, 0) is 9.53 Å². The Bertz CT molecular complexity index is 1640. The van der Waals surface area contributed by atoms with Crippen molar-refractivity contribution in [2.75, 3.05) is 62.0 Å². The number of nitrogens with zero attached hydrogens (tertiary/aromatic N) is 4. The van der Waals surface area contributed by atoms with Gasteiger partial charge in [-0.3, -0.25) is 15.0 Å². The molecule has 2 aliphatic heterocycles. The van der Waals surface area contributed by atoms with Gasteiger partial charge in [0.25, 0.3) is 5.91 Å². The molecule has 2 fully saturated rings. The number of benzene rings is 2. The van der Waals surface area contributed by atoms with Crippen LogP contribution in [0.2, 0.25) is 0 Å². The second-order valence-electron chi connectivity index (χ2n) is 11.1. The topological polar surface area (TPSA) is 128 Å². The quantitative estimate of drug-likeness (QED) is 0.187. The first-order valence-electron chi connectivity index (χ1n) is 14.7. The summed E-state index contributed by atoms with van der Waals surface area (Å²) in [5, 5.41) is 11.0. The molecule has 0 aliphatic carbocycles. The van der Waals surface area contributed by atoms with Crippen LogP contribution in [0.5, 0.6) is 0 Å². The number of nitrogen functional groups attached to an aromatic ring is 1. The first-order chi connectivity index (χ1) is 22.3. The zero-order valence-electron chi connectivity index (χ0n) is 25.2. The lowest BCUT2D eigenvalue weighted by molar-refractivity contribution is -0.171. The molecule has 2 saturated heterocycles. The highest BCUT2D eigenvalue weighted by Crippen LogP contribution is 2.35. The molecule has 0 saturated carbocycles. The van der Waals surface area contributed by atoms with E-state index >= 15 is 0 Å². The molecule has 0 spiro atoms. The van der Waals surface area contributed by atoms with Crippen molar-refractivity contribution in [3.05, 3.63) is 71.4 Å². The van der Waals surface area contributed by atoms with Gasteiger partial charge in [-0.15, -0.1) is 0 Å². The maximum Gasteiger partial charge on any atom is 0.471 e. The largest absolute Gasteiger partial charge is 0.471 e. The molecule has 16 heteroatoms. The molecular weight excluding hydrogens is 645 g/mol. The fourth-order valence-electron chi connectivity index (χ4n) is 5.41. The summed E-state index contributed by atoms with van der Waals surface area (Å²) in [4.78, 5) is 36.0. The fourth-order valence-corrected chi connectivity index (χ4v) is 6.31. The smallest absolute Gasteiger partial charge is 0.383 e. The third-order valence-corrected chi connectivity index (χ3v) is 8.77. The number of hydrogen-bond acceptors (Lipinski definition) is 9. The lowest BCUT2D eigenvalue weighted by Crippen LogP contribution is -2.50. The number of nitrogens with one attached hydrogen (secondary N) is 2. The highest BCUT2D eigenvalue weighted by Gasteiger charge is 2.46. The van der Waals surface area contributed by atoms with Crippen molar-refractivity contribution < 1.29 is 36.3 Å². The molecule has 3 heterocycles. The van der Waals surface area contributed by atoms with Crippen LogP contribution in [0, 0.1) is 17.0 Å². The van der Waals surface area contributed by atoms with E-state index in [1.807, 2.05) is 11.9 Å². The van der Waals surface area contributed by atoms with Crippen LogP contribution in [0.3, 0.4) is 0 Å². The summed E-state index contributed by atoms with van der Waals surface area (Å²) >= 11 is 0.938. The average Bonchev–Trinajstić information content (AvgIpc) is 3.02. The number of likely N-dealkylation sites (N-methyl/N-ethyl adjacent to an activating group) is 1. The van der Waals surface area contributed by atoms with Crippen LogP contribution < -0.4 is 20.9 Å². The van der Waals surface area contributed by atoms with Crippen LogP contribution in [0.25, 0.3) is 0 Å². The van der Waals surface area contributed by atoms with Crippen molar-refractivity contribution in [1.82, 2.24) is 15.2 Å². The molecule has 0 radical (unpaired) electrons. The van der Waals surface area contributed by atoms with Gasteiger partial charge in [-0.2, -0.15) is 13.2 Å². The van der Waals surface area contributed by atoms with Gasteiger partial charge in [0.05, 0.1) is 16.8 Å². The second-order valence-corrected chi connectivity index (χ2v) is 12.3. The molecular formula is C31H32F5N7O3S. The number of carbonyl (C=O) groups excluding carboxylic acids is 2. The Morgan fingerprint density at radius 3 is 2.30 bits per heavy atom. The van der Waals surface area contributed by atoms with Gasteiger partial charge in [0.2, 0.25) is 0 Å². The van der Waals surface area contributed by atoms with E-state index in [0.29, 0.717) is 41.7 Å². The number of amidine groups is 1. The number of aromatic nitrogens is 1. The molecule has 0 atom stereocenters. The minimum Gasteiger partial charge on any atom is -0.383 e. The third kappa shape index (κ3) is 8.18. The van der Waals surface area contributed by atoms with E-state index in [9.17, 15) is 31.5 Å². The monoisotopic (exact) mass is 677 g/mol. The Balaban J connectivity index is 1.49. The van der Waals surface area contributed by atoms with Gasteiger partial charge in [0.1, 0.15) is 23.3 Å². The first-order valence-corrected chi connectivity index (χ1v) is 15.5. The highest BCUT2D eigenvalue weighted by molar-refractivity contribution is 7.99. The van der Waals surface area contributed by atoms with E-state index in [2.05, 4.69) is 15.2 Å². The average molecular weight is 678 g/mol. The minimum atomic E-state index is -5.23. The van der Waals surface area contributed by atoms with Crippen LogP contribution in [0.4, 0.5) is 39.1 Å². The number of alkyl halides is 3. The number of pyridine rings is 1. The predicted octanol–water partition coefficient (Wildman–Crippen LogP) is 4.67. The molecule has 2 amide bonds. The normalized spacial score (nSPS) is 16.2. The molecule has 4 N–H and O–H groups in total. The summed E-state index contributed by atoms with van der Waals surface area (Å²) in [6.07, 6.45) is -3.66. The number of nitrogens with two attached hydrogens (primary N) is 1. The third-order valence-electron chi connectivity index (χ3n) is 7.84. The summed E-state index contributed by atoms with van der Waals surface area (Å²) in [6.45, 7) is 2.86. The molecule has 1 aromatic heterocycles. The Morgan fingerprint density at radius 2 is 1.66 bits per heavy atom. The number of anilines is 3. The molecule has 10 nitrogen and oxygen atoms in total. The Kier molecular flexibility index (Phi) is 10.3. The van der Waals surface area contributed by atoms with E-state index in [0.717, 1.165) is 30.0 Å². The van der Waals surface area contributed by atoms with Crippen LogP contribution in [-0.4, -0.2) is 86.2 Å². The van der Waals surface area contributed by atoms with Crippen molar-refractivity contribution in [2.24, 2.45) is 0 Å². The minimum absolute atomic E-state index is 0.0384. The SMILES string of the molecule is CN1CCN(c2ccc(C(=O)NC(=N)c3cc(Sc4cc(F)cc(F)c4)cnc3N)c(N(C(=O)C(F)(F)F)C3CCOCC3)c2)CC1. The van der Waals surface area contributed by atoms with Crippen LogP contribution in [0.1, 0.15) is 28.8 Å². The van der Waals surface area contributed by atoms with Gasteiger partial charge < -0.3 is 30.5 Å². The summed E-state index contributed by atoms with van der Waals surface area (Å²) in [6, 6.07) is 7.78. The van der Waals surface area contributed by atoms with Gasteiger partial charge >= 0.3 is 12.1 Å². The molecule has 47 heavy (non-hydrogen) atoms. The lowest BCUT2D eigenvalue weighted by atomic mass is 10.0. The summed E-state index contributed by atoms with van der Waals surface area (Å²) in [5.41, 5.74) is 5.99. The maximum atomic E-state index is 14.0.